The zero-order valence-electron chi connectivity index (χ0n) is 12.5. The maximum atomic E-state index is 12.8. The maximum Gasteiger partial charge on any atom is 0.341 e. The monoisotopic (exact) mass is 368 g/mol. The van der Waals surface area contributed by atoms with Gasteiger partial charge in [-0.2, -0.15) is 13.1 Å². The minimum atomic E-state index is -4.71. The van der Waals surface area contributed by atoms with Crippen LogP contribution in [0.1, 0.15) is 6.92 Å². The Kier molecular flexibility index (Phi) is 5.27. The van der Waals surface area contributed by atoms with Crippen molar-refractivity contribution in [3.8, 4) is 0 Å². The normalized spacial score (nSPS) is 17.7. The lowest BCUT2D eigenvalue weighted by Gasteiger charge is -2.36. The van der Waals surface area contributed by atoms with Crippen LogP contribution in [-0.4, -0.2) is 58.8 Å². The number of halogens is 2. The molecule has 2 rings (SSSR count). The molecule has 1 aliphatic heterocycles. The molecule has 0 atom stereocenters. The van der Waals surface area contributed by atoms with E-state index in [9.17, 15) is 25.6 Å². The van der Waals surface area contributed by atoms with Crippen LogP contribution in [-0.2, 0) is 19.9 Å². The molecule has 130 valence electrons. The zero-order chi connectivity index (χ0) is 17.3. The molecule has 0 bridgehead atoms. The highest BCUT2D eigenvalue weighted by Gasteiger charge is 2.32. The van der Waals surface area contributed by atoms with Crippen LogP contribution in [0.2, 0.25) is 0 Å². The smallest absolute Gasteiger partial charge is 0.341 e. The van der Waals surface area contributed by atoms with Crippen molar-refractivity contribution >= 4 is 25.5 Å². The molecule has 1 aromatic rings. The highest BCUT2D eigenvalue weighted by Crippen LogP contribution is 2.30. The predicted octanol–water partition coefficient (Wildman–Crippen LogP) is 1.15. The van der Waals surface area contributed by atoms with Gasteiger partial charge >= 0.3 is 5.76 Å². The fraction of sp³-hybridized carbons (Fsp3) is 0.538. The van der Waals surface area contributed by atoms with Gasteiger partial charge in [0.2, 0.25) is 19.9 Å². The highest BCUT2D eigenvalue weighted by molar-refractivity contribution is 7.91. The average Bonchev–Trinajstić information content (AvgIpc) is 2.55. The van der Waals surface area contributed by atoms with Gasteiger partial charge in [0.15, 0.2) is 0 Å². The first kappa shape index (κ1) is 18.1. The third-order valence-electron chi connectivity index (χ3n) is 3.74. The Morgan fingerprint density at radius 3 is 2.13 bits per heavy atom. The molecule has 0 spiro atoms. The number of hydrogen-bond donors (Lipinski definition) is 0. The fourth-order valence-corrected chi connectivity index (χ4v) is 4.48. The first-order chi connectivity index (χ1) is 10.7. The molecule has 1 aromatic carbocycles. The van der Waals surface area contributed by atoms with E-state index in [0.29, 0.717) is 0 Å². The Morgan fingerprint density at radius 2 is 1.61 bits per heavy atom. The van der Waals surface area contributed by atoms with E-state index in [2.05, 4.69) is 0 Å². The Hall–Kier alpha value is -1.26. The second-order valence-electron chi connectivity index (χ2n) is 5.06. The summed E-state index contributed by atoms with van der Waals surface area (Å²) in [5.41, 5.74) is 0.182. The van der Waals surface area contributed by atoms with E-state index in [1.165, 1.54) is 16.4 Å². The fourth-order valence-electron chi connectivity index (χ4n) is 2.44. The van der Waals surface area contributed by atoms with Crippen LogP contribution in [0, 0.1) is 0 Å². The summed E-state index contributed by atoms with van der Waals surface area (Å²) in [6.45, 7) is 2.43. The minimum absolute atomic E-state index is 0.0106. The molecular weight excluding hydrogens is 350 g/mol. The average molecular weight is 368 g/mol. The number of para-hydroxylation sites is 1. The Labute approximate surface area is 134 Å². The van der Waals surface area contributed by atoms with Gasteiger partial charge in [0.25, 0.3) is 0 Å². The highest BCUT2D eigenvalue weighted by atomic mass is 32.2. The molecule has 1 saturated heterocycles. The van der Waals surface area contributed by atoms with Gasteiger partial charge in [-0.25, -0.2) is 16.8 Å². The number of sulfonamides is 1. The summed E-state index contributed by atoms with van der Waals surface area (Å²) in [6.07, 6.45) is 0. The molecule has 1 fully saturated rings. The lowest BCUT2D eigenvalue weighted by atomic mass is 10.2. The molecule has 0 radical (unpaired) electrons. The van der Waals surface area contributed by atoms with Gasteiger partial charge in [-0.1, -0.05) is 12.1 Å². The van der Waals surface area contributed by atoms with E-state index < -0.39 is 30.5 Å². The van der Waals surface area contributed by atoms with E-state index in [0.717, 1.165) is 6.07 Å². The van der Waals surface area contributed by atoms with Crippen LogP contribution in [0.5, 0.6) is 0 Å². The van der Waals surface area contributed by atoms with Gasteiger partial charge in [0.1, 0.15) is 0 Å². The van der Waals surface area contributed by atoms with Gasteiger partial charge in [-0.3, -0.25) is 0 Å². The number of benzene rings is 1. The van der Waals surface area contributed by atoms with Gasteiger partial charge < -0.3 is 4.90 Å². The number of nitrogens with zero attached hydrogens (tertiary/aromatic N) is 2. The number of anilines is 1. The molecule has 0 N–H and O–H groups in total. The summed E-state index contributed by atoms with van der Waals surface area (Å²) in [5.74, 6) is -3.51. The van der Waals surface area contributed by atoms with Gasteiger partial charge in [0, 0.05) is 26.2 Å². The Bertz CT molecular complexity index is 758. The third-order valence-corrected chi connectivity index (χ3v) is 7.05. The number of rotatable bonds is 5. The summed E-state index contributed by atoms with van der Waals surface area (Å²) in [7, 11) is -8.02. The summed E-state index contributed by atoms with van der Waals surface area (Å²) >= 11 is 0. The number of hydrogen-bond acceptors (Lipinski definition) is 5. The molecule has 0 amide bonds. The SMILES string of the molecule is CCS(=O)(=O)N1CCN(c2ccccc2S(=O)(=O)C(F)F)CC1. The van der Waals surface area contributed by atoms with E-state index in [1.54, 1.807) is 17.9 Å². The van der Waals surface area contributed by atoms with Crippen molar-refractivity contribution in [1.29, 1.82) is 0 Å². The van der Waals surface area contributed by atoms with Gasteiger partial charge in [0.05, 0.1) is 16.3 Å². The van der Waals surface area contributed by atoms with E-state index in [4.69, 9.17) is 0 Å². The lowest BCUT2D eigenvalue weighted by Crippen LogP contribution is -2.49. The second-order valence-corrected chi connectivity index (χ2v) is 9.20. The van der Waals surface area contributed by atoms with Gasteiger partial charge in [-0.15, -0.1) is 0 Å². The van der Waals surface area contributed by atoms with E-state index in [1.807, 2.05) is 0 Å². The van der Waals surface area contributed by atoms with Crippen LogP contribution >= 0.6 is 0 Å². The van der Waals surface area contributed by atoms with Crippen molar-refractivity contribution in [2.75, 3.05) is 36.8 Å². The standard InChI is InChI=1S/C13H18F2N2O4S2/c1-2-22(18,19)17-9-7-16(8-10-17)11-5-3-4-6-12(11)23(20,21)13(14)15/h3-6,13H,2,7-10H2,1H3. The zero-order valence-corrected chi connectivity index (χ0v) is 14.2. The number of sulfone groups is 1. The van der Waals surface area contributed by atoms with Crippen LogP contribution in [0.3, 0.4) is 0 Å². The summed E-state index contributed by atoms with van der Waals surface area (Å²) < 4.78 is 74.2. The van der Waals surface area contributed by atoms with Crippen molar-refractivity contribution in [1.82, 2.24) is 4.31 Å². The molecule has 1 heterocycles. The molecule has 0 aromatic heterocycles. The largest absolute Gasteiger partial charge is 0.368 e. The van der Waals surface area contributed by atoms with E-state index in [-0.39, 0.29) is 37.6 Å². The first-order valence-corrected chi connectivity index (χ1v) is 10.2. The van der Waals surface area contributed by atoms with Crippen molar-refractivity contribution in [3.63, 3.8) is 0 Å². The molecule has 0 aliphatic carbocycles. The molecule has 10 heteroatoms. The second kappa shape index (κ2) is 6.70. The molecule has 23 heavy (non-hydrogen) atoms. The molecule has 1 aliphatic rings. The quantitative estimate of drug-likeness (QED) is 0.780. The first-order valence-electron chi connectivity index (χ1n) is 7.04. The Balaban J connectivity index is 2.26. The van der Waals surface area contributed by atoms with Gasteiger partial charge in [-0.05, 0) is 19.1 Å². The van der Waals surface area contributed by atoms with Crippen molar-refractivity contribution in [3.05, 3.63) is 24.3 Å². The molecule has 0 saturated carbocycles. The Morgan fingerprint density at radius 1 is 1.04 bits per heavy atom. The summed E-state index contributed by atoms with van der Waals surface area (Å²) in [4.78, 5) is 1.19. The lowest BCUT2D eigenvalue weighted by molar-refractivity contribution is 0.234. The van der Waals surface area contributed by atoms with Crippen LogP contribution < -0.4 is 4.90 Å². The maximum absolute atomic E-state index is 12.8. The van der Waals surface area contributed by atoms with E-state index >= 15 is 0 Å². The minimum Gasteiger partial charge on any atom is -0.368 e. The van der Waals surface area contributed by atoms with Crippen LogP contribution in [0.25, 0.3) is 0 Å². The van der Waals surface area contributed by atoms with Crippen LogP contribution in [0.15, 0.2) is 29.2 Å². The van der Waals surface area contributed by atoms with Crippen molar-refractivity contribution < 1.29 is 25.6 Å². The summed E-state index contributed by atoms with van der Waals surface area (Å²) in [6, 6.07) is 5.55. The number of alkyl halides is 2. The molecule has 6 nitrogen and oxygen atoms in total. The summed E-state index contributed by atoms with van der Waals surface area (Å²) in [5, 5.41) is 0. The molecule has 0 unspecified atom stereocenters. The van der Waals surface area contributed by atoms with Crippen molar-refractivity contribution in [2.24, 2.45) is 0 Å². The number of piperazine rings is 1. The molecular formula is C13H18F2N2O4S2. The van der Waals surface area contributed by atoms with Crippen molar-refractivity contribution in [2.45, 2.75) is 17.6 Å². The predicted molar refractivity (Wildman–Crippen MR) is 82.9 cm³/mol. The third kappa shape index (κ3) is 3.64. The van der Waals surface area contributed by atoms with Crippen LogP contribution in [0.4, 0.5) is 14.5 Å². The topological polar surface area (TPSA) is 74.8 Å².